The summed E-state index contributed by atoms with van der Waals surface area (Å²) in [6, 6.07) is 23.3. The highest BCUT2D eigenvalue weighted by atomic mass is 35.5. The lowest BCUT2D eigenvalue weighted by Crippen LogP contribution is -2.34. The van der Waals surface area contributed by atoms with Crippen molar-refractivity contribution in [3.05, 3.63) is 110 Å². The molecule has 1 atom stereocenters. The van der Waals surface area contributed by atoms with Crippen LogP contribution in [-0.4, -0.2) is 19.6 Å². The van der Waals surface area contributed by atoms with Crippen molar-refractivity contribution in [2.45, 2.75) is 53.4 Å². The van der Waals surface area contributed by atoms with E-state index in [0.29, 0.717) is 29.8 Å². The predicted octanol–water partition coefficient (Wildman–Crippen LogP) is 7.62. The zero-order chi connectivity index (χ0) is 31.1. The largest absolute Gasteiger partial charge is 0.497 e. The van der Waals surface area contributed by atoms with Gasteiger partial charge in [0.15, 0.2) is 0 Å². The molecule has 1 aromatic heterocycles. The molecule has 0 amide bonds. The molecule has 43 heavy (non-hydrogen) atoms. The van der Waals surface area contributed by atoms with Gasteiger partial charge in [0.2, 0.25) is 0 Å². The van der Waals surface area contributed by atoms with Gasteiger partial charge in [0.05, 0.1) is 41.4 Å². The predicted molar refractivity (Wildman–Crippen MR) is 175 cm³/mol. The third kappa shape index (κ3) is 7.51. The van der Waals surface area contributed by atoms with Crippen LogP contribution in [0.4, 0.5) is 11.4 Å². The summed E-state index contributed by atoms with van der Waals surface area (Å²) in [5.74, 6) is 6.28. The average Bonchev–Trinajstić information content (AvgIpc) is 3.37. The number of rotatable bonds is 13. The Morgan fingerprint density at radius 3 is 2.33 bits per heavy atom. The summed E-state index contributed by atoms with van der Waals surface area (Å²) >= 11 is 8.23. The Morgan fingerprint density at radius 1 is 1.00 bits per heavy atom. The number of methoxy groups -OCH3 is 1. The molecule has 228 valence electrons. The highest BCUT2D eigenvalue weighted by Gasteiger charge is 2.42. The lowest BCUT2D eigenvalue weighted by Gasteiger charge is -2.34. The molecule has 0 spiro atoms. The van der Waals surface area contributed by atoms with Gasteiger partial charge < -0.3 is 25.0 Å². The normalized spacial score (nSPS) is 12.2. The molecule has 3 aromatic carbocycles. The number of carbonyl (C=O) groups excluding carboxylic acids is 1. The van der Waals surface area contributed by atoms with E-state index in [1.165, 1.54) is 11.3 Å². The molecule has 0 aliphatic rings. The van der Waals surface area contributed by atoms with Crippen LogP contribution >= 0.6 is 22.9 Å². The number of hydrazine groups is 1. The monoisotopic (exact) mass is 621 g/mol. The van der Waals surface area contributed by atoms with Gasteiger partial charge >= 0.3 is 5.97 Å². The van der Waals surface area contributed by atoms with Gasteiger partial charge in [0, 0.05) is 22.9 Å². The molecule has 0 saturated heterocycles. The first kappa shape index (κ1) is 32.4. The van der Waals surface area contributed by atoms with Crippen LogP contribution in [0, 0.1) is 12.3 Å². The van der Waals surface area contributed by atoms with E-state index in [0.717, 1.165) is 44.1 Å². The van der Waals surface area contributed by atoms with Crippen molar-refractivity contribution in [3.63, 3.8) is 0 Å². The number of thiophene rings is 1. The Bertz CT molecular complexity index is 1520. The molecule has 0 aliphatic heterocycles. The summed E-state index contributed by atoms with van der Waals surface area (Å²) in [7, 11) is 1.64. The number of esters is 1. The fourth-order valence-corrected chi connectivity index (χ4v) is 6.63. The Morgan fingerprint density at radius 2 is 1.67 bits per heavy atom. The second-order valence-corrected chi connectivity index (χ2v) is 12.7. The molecule has 0 aliphatic carbocycles. The second-order valence-electron chi connectivity index (χ2n) is 11.0. The fourth-order valence-electron chi connectivity index (χ4n) is 5.06. The summed E-state index contributed by atoms with van der Waals surface area (Å²) in [6.45, 7) is 9.27. The number of nitrogens with zero attached hydrogens (tertiary/aromatic N) is 1. The summed E-state index contributed by atoms with van der Waals surface area (Å²) < 4.78 is 17.8. The number of anilines is 2. The van der Waals surface area contributed by atoms with Crippen molar-refractivity contribution in [3.8, 4) is 5.75 Å². The van der Waals surface area contributed by atoms with Crippen molar-refractivity contribution < 1.29 is 19.0 Å². The Kier molecular flexibility index (Phi) is 10.7. The Hall–Kier alpha value is -3.56. The third-order valence-electron chi connectivity index (χ3n) is 7.70. The maximum atomic E-state index is 13.8. The van der Waals surface area contributed by atoms with Crippen molar-refractivity contribution >= 4 is 40.3 Å². The highest BCUT2D eigenvalue weighted by Crippen LogP contribution is 2.49. The van der Waals surface area contributed by atoms with Gasteiger partial charge in [-0.1, -0.05) is 60.1 Å². The molecule has 4 aromatic rings. The fraction of sp³-hybridized carbons (Fsp3) is 0.324. The van der Waals surface area contributed by atoms with E-state index in [1.807, 2.05) is 100 Å². The molecular formula is C34H40ClN3O4S. The summed E-state index contributed by atoms with van der Waals surface area (Å²) in [4.78, 5) is 14.7. The number of benzene rings is 3. The first-order chi connectivity index (χ1) is 20.6. The summed E-state index contributed by atoms with van der Waals surface area (Å²) in [6.07, 6.45) is 0. The minimum Gasteiger partial charge on any atom is -0.497 e. The van der Waals surface area contributed by atoms with Crippen LogP contribution in [0.1, 0.15) is 59.4 Å². The average molecular weight is 622 g/mol. The van der Waals surface area contributed by atoms with E-state index < -0.39 is 11.3 Å². The van der Waals surface area contributed by atoms with Crippen molar-refractivity contribution in [2.24, 2.45) is 11.3 Å². The standard InChI is InChI=1S/C34H40ClN3O4S/c1-6-38(37)28-17-16-27(22(2)31(28)36)30(34(3,4)33(39)42-20-23-10-8-7-9-11-23)29-18-25(32(35)43-29)21-41-19-24-12-14-26(40-5)15-13-24/h7-18,30H,6,19-21,36-37H2,1-5H3. The van der Waals surface area contributed by atoms with Gasteiger partial charge in [0.25, 0.3) is 0 Å². The van der Waals surface area contributed by atoms with Gasteiger partial charge in [0.1, 0.15) is 12.4 Å². The molecule has 0 radical (unpaired) electrons. The lowest BCUT2D eigenvalue weighted by atomic mass is 9.72. The molecule has 0 fully saturated rings. The molecule has 4 N–H and O–H groups in total. The van der Waals surface area contributed by atoms with Crippen LogP contribution < -0.4 is 21.3 Å². The maximum Gasteiger partial charge on any atom is 0.312 e. The SMILES string of the molecule is CCN(N)c1ccc(C(c2cc(COCc3ccc(OC)cc3)c(Cl)s2)C(C)(C)C(=O)OCc2ccccc2)c(C)c1N. The molecule has 0 bridgehead atoms. The highest BCUT2D eigenvalue weighted by molar-refractivity contribution is 7.16. The van der Waals surface area contributed by atoms with Gasteiger partial charge in [-0.25, -0.2) is 5.84 Å². The quantitative estimate of drug-likeness (QED) is 0.0685. The molecule has 9 heteroatoms. The van der Waals surface area contributed by atoms with Crippen LogP contribution in [0.2, 0.25) is 4.34 Å². The number of hydrogen-bond acceptors (Lipinski definition) is 8. The smallest absolute Gasteiger partial charge is 0.312 e. The molecular weight excluding hydrogens is 582 g/mol. The molecule has 4 rings (SSSR count). The Labute approximate surface area is 263 Å². The van der Waals surface area contributed by atoms with Crippen LogP contribution in [0.15, 0.2) is 72.8 Å². The maximum absolute atomic E-state index is 13.8. The van der Waals surface area contributed by atoms with Crippen molar-refractivity contribution in [1.82, 2.24) is 0 Å². The van der Waals surface area contributed by atoms with Crippen LogP contribution in [0.5, 0.6) is 5.75 Å². The summed E-state index contributed by atoms with van der Waals surface area (Å²) in [5, 5.41) is 1.61. The van der Waals surface area contributed by atoms with Gasteiger partial charge in [-0.05, 0) is 74.2 Å². The lowest BCUT2D eigenvalue weighted by molar-refractivity contribution is -0.156. The number of ether oxygens (including phenoxy) is 3. The van der Waals surface area contributed by atoms with Crippen molar-refractivity contribution in [2.75, 3.05) is 24.4 Å². The van der Waals surface area contributed by atoms with E-state index in [-0.39, 0.29) is 12.6 Å². The second kappa shape index (κ2) is 14.3. The van der Waals surface area contributed by atoms with Gasteiger partial charge in [-0.2, -0.15) is 0 Å². The van der Waals surface area contributed by atoms with Crippen LogP contribution in [0.25, 0.3) is 0 Å². The number of halogens is 1. The van der Waals surface area contributed by atoms with Crippen molar-refractivity contribution in [1.29, 1.82) is 0 Å². The zero-order valence-electron chi connectivity index (χ0n) is 25.4. The molecule has 1 unspecified atom stereocenters. The molecule has 7 nitrogen and oxygen atoms in total. The van der Waals surface area contributed by atoms with Crippen LogP contribution in [-0.2, 0) is 34.1 Å². The summed E-state index contributed by atoms with van der Waals surface area (Å²) in [5.41, 5.74) is 11.5. The first-order valence-electron chi connectivity index (χ1n) is 14.2. The molecule has 1 heterocycles. The zero-order valence-corrected chi connectivity index (χ0v) is 26.9. The van der Waals surface area contributed by atoms with E-state index in [4.69, 9.17) is 37.4 Å². The van der Waals surface area contributed by atoms with Crippen LogP contribution in [0.3, 0.4) is 0 Å². The van der Waals surface area contributed by atoms with Gasteiger partial charge in [-0.3, -0.25) is 4.79 Å². The third-order valence-corrected chi connectivity index (χ3v) is 9.21. The number of carbonyl (C=O) groups is 1. The van der Waals surface area contributed by atoms with E-state index in [2.05, 4.69) is 0 Å². The van der Waals surface area contributed by atoms with E-state index >= 15 is 0 Å². The van der Waals surface area contributed by atoms with E-state index in [1.54, 1.807) is 12.1 Å². The van der Waals surface area contributed by atoms with Gasteiger partial charge in [-0.15, -0.1) is 11.3 Å². The topological polar surface area (TPSA) is 100 Å². The van der Waals surface area contributed by atoms with E-state index in [9.17, 15) is 4.79 Å². The molecule has 0 saturated carbocycles. The first-order valence-corrected chi connectivity index (χ1v) is 15.4. The number of nitrogens with two attached hydrogens (primary N) is 2. The number of nitrogen functional groups attached to an aromatic ring is 1. The minimum atomic E-state index is -0.962. The Balaban J connectivity index is 1.65. The number of hydrogen-bond donors (Lipinski definition) is 2. The minimum absolute atomic E-state index is 0.185.